The summed E-state index contributed by atoms with van der Waals surface area (Å²) < 4.78 is 5.54. The zero-order valence-electron chi connectivity index (χ0n) is 10.7. The van der Waals surface area contributed by atoms with E-state index >= 15 is 0 Å². The van der Waals surface area contributed by atoms with E-state index in [-0.39, 0.29) is 17.1 Å². The van der Waals surface area contributed by atoms with Crippen molar-refractivity contribution in [1.82, 2.24) is 0 Å². The van der Waals surface area contributed by atoms with Gasteiger partial charge in [-0.15, -0.1) is 0 Å². The van der Waals surface area contributed by atoms with Crippen molar-refractivity contribution >= 4 is 11.8 Å². The minimum Gasteiger partial charge on any atom is -0.482 e. The highest BCUT2D eigenvalue weighted by atomic mass is 16.5. The van der Waals surface area contributed by atoms with Crippen molar-refractivity contribution in [2.75, 3.05) is 0 Å². The highest BCUT2D eigenvalue weighted by Crippen LogP contribution is 2.21. The summed E-state index contributed by atoms with van der Waals surface area (Å²) >= 11 is 0. The smallest absolute Gasteiger partial charge is 0.339 e. The number of Topliss-reactive ketones (excluding diaryl/α,β-unsaturated/α-hetero) is 1. The second-order valence-corrected chi connectivity index (χ2v) is 4.16. The molecule has 0 amide bonds. The number of carboxylic acids is 1. The predicted molar refractivity (Wildman–Crippen MR) is 68.0 cm³/mol. The first kappa shape index (κ1) is 14.2. The summed E-state index contributed by atoms with van der Waals surface area (Å²) in [4.78, 5) is 22.5. The van der Waals surface area contributed by atoms with E-state index in [0.29, 0.717) is 6.42 Å². The lowest BCUT2D eigenvalue weighted by atomic mass is 10.1. The molecule has 1 unspecified atom stereocenters. The molecule has 0 aromatic heterocycles. The molecule has 0 saturated heterocycles. The molecule has 0 radical (unpaired) electrons. The van der Waals surface area contributed by atoms with Crippen molar-refractivity contribution in [1.29, 1.82) is 0 Å². The van der Waals surface area contributed by atoms with Gasteiger partial charge in [0.15, 0.2) is 11.9 Å². The SMILES string of the molecule is CCCCC(Oc1ccccc1C(=O)O)C(C)=O. The molecule has 1 rings (SSSR count). The van der Waals surface area contributed by atoms with E-state index in [4.69, 9.17) is 9.84 Å². The standard InChI is InChI=1S/C14H18O4/c1-3-4-8-12(10(2)15)18-13-9-6-5-7-11(13)14(16)17/h5-7,9,12H,3-4,8H2,1-2H3,(H,16,17). The van der Waals surface area contributed by atoms with Crippen LogP contribution in [-0.2, 0) is 4.79 Å². The fourth-order valence-electron chi connectivity index (χ4n) is 1.63. The van der Waals surface area contributed by atoms with Crippen molar-refractivity contribution in [2.24, 2.45) is 0 Å². The Labute approximate surface area is 107 Å². The Morgan fingerprint density at radius 3 is 2.56 bits per heavy atom. The van der Waals surface area contributed by atoms with E-state index in [1.165, 1.54) is 13.0 Å². The Morgan fingerprint density at radius 1 is 1.33 bits per heavy atom. The molecule has 0 aliphatic heterocycles. The zero-order valence-corrected chi connectivity index (χ0v) is 10.7. The number of rotatable bonds is 7. The van der Waals surface area contributed by atoms with Gasteiger partial charge in [0.05, 0.1) is 0 Å². The highest BCUT2D eigenvalue weighted by Gasteiger charge is 2.19. The average molecular weight is 250 g/mol. The first-order valence-corrected chi connectivity index (χ1v) is 6.05. The Morgan fingerprint density at radius 2 is 2.00 bits per heavy atom. The van der Waals surface area contributed by atoms with Crippen molar-refractivity contribution < 1.29 is 19.4 Å². The molecule has 0 bridgehead atoms. The van der Waals surface area contributed by atoms with Crippen molar-refractivity contribution in [3.05, 3.63) is 29.8 Å². The Kier molecular flexibility index (Phi) is 5.36. The summed E-state index contributed by atoms with van der Waals surface area (Å²) in [6.07, 6.45) is 1.89. The second kappa shape index (κ2) is 6.79. The number of ketones is 1. The predicted octanol–water partition coefficient (Wildman–Crippen LogP) is 2.91. The van der Waals surface area contributed by atoms with Gasteiger partial charge in [0.2, 0.25) is 0 Å². The summed E-state index contributed by atoms with van der Waals surface area (Å²) in [5, 5.41) is 9.03. The Balaban J connectivity index is 2.86. The minimum atomic E-state index is -1.05. The van der Waals surface area contributed by atoms with E-state index in [1.807, 2.05) is 6.92 Å². The summed E-state index contributed by atoms with van der Waals surface area (Å²) in [5.74, 6) is -0.881. The molecule has 1 aromatic carbocycles. The topological polar surface area (TPSA) is 63.6 Å². The van der Waals surface area contributed by atoms with Crippen LogP contribution in [0.5, 0.6) is 5.75 Å². The fourth-order valence-corrected chi connectivity index (χ4v) is 1.63. The highest BCUT2D eigenvalue weighted by molar-refractivity contribution is 5.91. The van der Waals surface area contributed by atoms with Gasteiger partial charge in [-0.05, 0) is 31.9 Å². The summed E-state index contributed by atoms with van der Waals surface area (Å²) in [5.41, 5.74) is 0.0836. The molecule has 1 atom stereocenters. The third kappa shape index (κ3) is 3.87. The molecule has 4 heteroatoms. The summed E-state index contributed by atoms with van der Waals surface area (Å²) in [7, 11) is 0. The van der Waals surface area contributed by atoms with Crippen LogP contribution in [0.25, 0.3) is 0 Å². The number of carbonyl (C=O) groups excluding carboxylic acids is 1. The Hall–Kier alpha value is -1.84. The maximum Gasteiger partial charge on any atom is 0.339 e. The van der Waals surface area contributed by atoms with E-state index in [9.17, 15) is 9.59 Å². The van der Waals surface area contributed by atoms with Crippen LogP contribution in [-0.4, -0.2) is 23.0 Å². The normalized spacial score (nSPS) is 11.9. The number of benzene rings is 1. The number of hydrogen-bond donors (Lipinski definition) is 1. The lowest BCUT2D eigenvalue weighted by Gasteiger charge is -2.17. The average Bonchev–Trinajstić information content (AvgIpc) is 2.34. The molecule has 98 valence electrons. The third-order valence-corrected chi connectivity index (χ3v) is 2.66. The number of hydrogen-bond acceptors (Lipinski definition) is 3. The fraction of sp³-hybridized carbons (Fsp3) is 0.429. The van der Waals surface area contributed by atoms with E-state index in [1.54, 1.807) is 18.2 Å². The lowest BCUT2D eigenvalue weighted by molar-refractivity contribution is -0.123. The van der Waals surface area contributed by atoms with Crippen LogP contribution < -0.4 is 4.74 Å². The molecule has 1 N–H and O–H groups in total. The largest absolute Gasteiger partial charge is 0.482 e. The van der Waals surface area contributed by atoms with Gasteiger partial charge in [-0.3, -0.25) is 4.79 Å². The number of para-hydroxylation sites is 1. The number of unbranched alkanes of at least 4 members (excludes halogenated alkanes) is 1. The van der Waals surface area contributed by atoms with E-state index in [2.05, 4.69) is 0 Å². The van der Waals surface area contributed by atoms with E-state index in [0.717, 1.165) is 12.8 Å². The van der Waals surface area contributed by atoms with Crippen LogP contribution in [0.4, 0.5) is 0 Å². The molecular weight excluding hydrogens is 232 g/mol. The summed E-state index contributed by atoms with van der Waals surface area (Å²) in [6, 6.07) is 6.37. The maximum absolute atomic E-state index is 11.5. The van der Waals surface area contributed by atoms with Crippen molar-refractivity contribution in [2.45, 2.75) is 39.2 Å². The van der Waals surface area contributed by atoms with Crippen LogP contribution in [0.3, 0.4) is 0 Å². The quantitative estimate of drug-likeness (QED) is 0.808. The van der Waals surface area contributed by atoms with Gasteiger partial charge in [-0.2, -0.15) is 0 Å². The first-order chi connectivity index (χ1) is 8.56. The van der Waals surface area contributed by atoms with Crippen molar-refractivity contribution in [3.63, 3.8) is 0 Å². The van der Waals surface area contributed by atoms with Crippen LogP contribution in [0.1, 0.15) is 43.5 Å². The monoisotopic (exact) mass is 250 g/mol. The number of carbonyl (C=O) groups is 2. The third-order valence-electron chi connectivity index (χ3n) is 2.66. The van der Waals surface area contributed by atoms with Crippen LogP contribution >= 0.6 is 0 Å². The van der Waals surface area contributed by atoms with Crippen LogP contribution in [0, 0.1) is 0 Å². The zero-order chi connectivity index (χ0) is 13.5. The van der Waals surface area contributed by atoms with Crippen LogP contribution in [0.2, 0.25) is 0 Å². The van der Waals surface area contributed by atoms with Gasteiger partial charge in [-0.25, -0.2) is 4.79 Å². The lowest BCUT2D eigenvalue weighted by Crippen LogP contribution is -2.25. The molecule has 0 aliphatic rings. The second-order valence-electron chi connectivity index (χ2n) is 4.16. The molecular formula is C14H18O4. The van der Waals surface area contributed by atoms with Crippen LogP contribution in [0.15, 0.2) is 24.3 Å². The molecule has 1 aromatic rings. The summed E-state index contributed by atoms with van der Waals surface area (Å²) in [6.45, 7) is 3.49. The minimum absolute atomic E-state index is 0.0800. The van der Waals surface area contributed by atoms with Gasteiger partial charge < -0.3 is 9.84 Å². The van der Waals surface area contributed by atoms with Gasteiger partial charge in [0.1, 0.15) is 11.3 Å². The van der Waals surface area contributed by atoms with Crippen molar-refractivity contribution in [3.8, 4) is 5.75 Å². The van der Waals surface area contributed by atoms with E-state index < -0.39 is 12.1 Å². The van der Waals surface area contributed by atoms with Gasteiger partial charge in [0.25, 0.3) is 0 Å². The Bertz CT molecular complexity index is 426. The molecule has 0 heterocycles. The molecule has 0 saturated carbocycles. The number of aromatic carboxylic acids is 1. The molecule has 0 spiro atoms. The molecule has 0 aliphatic carbocycles. The molecule has 0 fully saturated rings. The number of ether oxygens (including phenoxy) is 1. The van der Waals surface area contributed by atoms with Gasteiger partial charge in [-0.1, -0.05) is 25.5 Å². The number of carboxylic acid groups (broad SMARTS) is 1. The van der Waals surface area contributed by atoms with Gasteiger partial charge >= 0.3 is 5.97 Å². The first-order valence-electron chi connectivity index (χ1n) is 6.05. The molecule has 18 heavy (non-hydrogen) atoms. The molecule has 4 nitrogen and oxygen atoms in total. The van der Waals surface area contributed by atoms with Gasteiger partial charge in [0, 0.05) is 0 Å². The maximum atomic E-state index is 11.5.